The van der Waals surface area contributed by atoms with E-state index in [1.807, 2.05) is 0 Å². The fraction of sp³-hybridized carbons (Fsp3) is 0.218. The van der Waals surface area contributed by atoms with Crippen molar-refractivity contribution in [3.8, 4) is 55.6 Å². The average Bonchev–Trinajstić information content (AvgIpc) is 1.54. The molecule has 3 nitrogen and oxygen atoms in total. The van der Waals surface area contributed by atoms with Crippen LogP contribution in [0.25, 0.3) is 153 Å². The van der Waals surface area contributed by atoms with Gasteiger partial charge in [-0.1, -0.05) is 320 Å². The third-order valence-corrected chi connectivity index (χ3v) is 31.2. The summed E-state index contributed by atoms with van der Waals surface area (Å²) in [6, 6.07) is 117. The van der Waals surface area contributed by atoms with Crippen molar-refractivity contribution < 1.29 is 0 Å². The summed E-state index contributed by atoms with van der Waals surface area (Å²) in [6.45, 7) is 15.5. The maximum Gasteiger partial charge on any atom is 0.0535 e. The molecule has 0 spiro atoms. The summed E-state index contributed by atoms with van der Waals surface area (Å²) in [5.74, 6) is 0. The Labute approximate surface area is 662 Å². The van der Waals surface area contributed by atoms with Gasteiger partial charge in [-0.15, -0.1) is 0 Å². The molecule has 3 aliphatic heterocycles. The summed E-state index contributed by atoms with van der Waals surface area (Å²) < 4.78 is 0. The Morgan fingerprint density at radius 1 is 0.195 bits per heavy atom. The smallest absolute Gasteiger partial charge is 0.0535 e. The highest BCUT2D eigenvalue weighted by Gasteiger charge is 2.61. The standard InChI is InChI=1S/C110H91N3/c1-105-62-22-25-65-108(105,4)111(70-36-16-9-17-37-70)102-83-46-28-42-73(77(83)56-59-90(102)105)76-50-53-87-95-80(76)45-31-49-86(95)98-93(68-32-12-7-13-33-68)100-88-54-51-81(74-43-29-47-84-78(74)57-60-91-103(84)112(71-38-18-10-19-39-71)109(5)66-26-23-63-106(91,109)2)96-82(52-55-89(97(88)96)101(100)94(99(87)98)69-34-14-8-15-35-69)75-44-30-48-85-79(75)58-61-92-104(85)113(72-40-20-11-21-41-72)110(6)67-27-24-64-107(92,110)3/h7-21,28-61H,22-27,62-67H2,1-6H3. The highest BCUT2D eigenvalue weighted by molar-refractivity contribution is 6.48. The number of fused-ring (bicyclic) bond motifs is 21. The molecule has 6 atom stereocenters. The largest absolute Gasteiger partial charge is 0.334 e. The van der Waals surface area contributed by atoms with Crippen molar-refractivity contribution >= 4 is 131 Å². The van der Waals surface area contributed by atoms with Crippen LogP contribution in [0.5, 0.6) is 0 Å². The molecule has 24 rings (SSSR count). The van der Waals surface area contributed by atoms with Crippen molar-refractivity contribution in [2.24, 2.45) is 0 Å². The highest BCUT2D eigenvalue weighted by atomic mass is 15.3. The van der Waals surface area contributed by atoms with Crippen LogP contribution in [0.4, 0.5) is 34.1 Å². The van der Waals surface area contributed by atoms with Crippen LogP contribution >= 0.6 is 0 Å². The van der Waals surface area contributed by atoms with Gasteiger partial charge in [0.2, 0.25) is 0 Å². The van der Waals surface area contributed by atoms with Crippen LogP contribution < -0.4 is 14.7 Å². The molecule has 0 aromatic heterocycles. The van der Waals surface area contributed by atoms with Crippen LogP contribution in [-0.2, 0) is 16.2 Å². The molecule has 0 radical (unpaired) electrons. The van der Waals surface area contributed by atoms with E-state index < -0.39 is 0 Å². The molecule has 0 amide bonds. The van der Waals surface area contributed by atoms with Gasteiger partial charge in [-0.25, -0.2) is 0 Å². The first kappa shape index (κ1) is 65.9. The van der Waals surface area contributed by atoms with E-state index >= 15 is 0 Å². The first-order valence-electron chi connectivity index (χ1n) is 42.1. The van der Waals surface area contributed by atoms with Crippen molar-refractivity contribution in [3.05, 3.63) is 314 Å². The van der Waals surface area contributed by atoms with E-state index in [1.165, 1.54) is 261 Å². The molecule has 0 N–H and O–H groups in total. The number of hydrogen-bond donors (Lipinski definition) is 0. The van der Waals surface area contributed by atoms with Gasteiger partial charge in [-0.3, -0.25) is 0 Å². The molecule has 3 aliphatic carbocycles. The first-order chi connectivity index (χ1) is 55.4. The van der Waals surface area contributed by atoms with E-state index in [9.17, 15) is 0 Å². The minimum absolute atomic E-state index is 0.0110. The summed E-state index contributed by atoms with van der Waals surface area (Å²) in [7, 11) is 0. The second kappa shape index (κ2) is 23.4. The molecule has 6 aliphatic rings. The maximum atomic E-state index is 2.79. The zero-order chi connectivity index (χ0) is 75.2. The molecule has 0 saturated heterocycles. The van der Waals surface area contributed by atoms with Crippen LogP contribution in [0, 0.1) is 0 Å². The lowest BCUT2D eigenvalue weighted by Gasteiger charge is -2.50. The minimum Gasteiger partial charge on any atom is -0.334 e. The summed E-state index contributed by atoms with van der Waals surface area (Å²) in [5, 5.41) is 23.5. The molecule has 3 saturated carbocycles. The Morgan fingerprint density at radius 3 is 0.841 bits per heavy atom. The Morgan fingerprint density at radius 2 is 0.469 bits per heavy atom. The number of hydrogen-bond acceptors (Lipinski definition) is 3. The second-order valence-corrected chi connectivity index (χ2v) is 36.0. The molecule has 3 fully saturated rings. The van der Waals surface area contributed by atoms with Crippen LogP contribution in [0.2, 0.25) is 0 Å². The van der Waals surface area contributed by atoms with Gasteiger partial charge in [-0.2, -0.15) is 0 Å². The normalized spacial score (nSPS) is 23.2. The van der Waals surface area contributed by atoms with Gasteiger partial charge in [0.1, 0.15) is 0 Å². The molecule has 3 heterocycles. The molecule has 546 valence electrons. The Hall–Kier alpha value is -11.8. The number of anilines is 6. The Balaban J connectivity index is 0.809. The van der Waals surface area contributed by atoms with Crippen molar-refractivity contribution in [1.29, 1.82) is 0 Å². The lowest BCUT2D eigenvalue weighted by molar-refractivity contribution is 0.195. The monoisotopic (exact) mass is 1450 g/mol. The van der Waals surface area contributed by atoms with Gasteiger partial charge in [0.25, 0.3) is 0 Å². The quantitative estimate of drug-likeness (QED) is 0.150. The second-order valence-electron chi connectivity index (χ2n) is 36.0. The highest BCUT2D eigenvalue weighted by Crippen LogP contribution is 2.68. The number of benzene rings is 16. The van der Waals surface area contributed by atoms with Crippen LogP contribution in [-0.4, -0.2) is 16.6 Å². The summed E-state index contributed by atoms with van der Waals surface area (Å²) >= 11 is 0. The molecule has 0 bridgehead atoms. The van der Waals surface area contributed by atoms with E-state index in [0.717, 1.165) is 19.3 Å². The fourth-order valence-corrected chi connectivity index (χ4v) is 25.4. The van der Waals surface area contributed by atoms with E-state index in [1.54, 1.807) is 0 Å². The third-order valence-electron chi connectivity index (χ3n) is 31.2. The first-order valence-corrected chi connectivity index (χ1v) is 42.1. The van der Waals surface area contributed by atoms with Gasteiger partial charge < -0.3 is 14.7 Å². The molecule has 113 heavy (non-hydrogen) atoms. The SMILES string of the molecule is CC12CCCCC1(C)N(c1ccccc1)c1c2ccc2c(-c3ccc4c5c(-c6ccccc6)c6c7ccc(-c8cccc9c%10c(ccc89)C8(C)CCCCC8(C)N%10c8ccccc8)c8c(-c9cccc%10c%11c(ccc9%10)C9(C)CCCCC9(C)N%11c9ccccc9)ccc(c6c(-c6ccccc6)c5c5cccc3c54)c87)cccc12. The number of para-hydroxylation sites is 3. The predicted octanol–water partition coefficient (Wildman–Crippen LogP) is 30.5. The summed E-state index contributed by atoms with van der Waals surface area (Å²) in [6.07, 6.45) is 14.4. The summed E-state index contributed by atoms with van der Waals surface area (Å²) in [4.78, 5) is 8.35. The maximum absolute atomic E-state index is 2.79. The van der Waals surface area contributed by atoms with Gasteiger partial charge in [0, 0.05) is 49.5 Å². The lowest BCUT2D eigenvalue weighted by Crippen LogP contribution is -2.54. The third kappa shape index (κ3) is 8.35. The molecular formula is C110H91N3. The van der Waals surface area contributed by atoms with Gasteiger partial charge in [0.05, 0.1) is 33.7 Å². The summed E-state index contributed by atoms with van der Waals surface area (Å²) in [5.41, 5.74) is 24.8. The van der Waals surface area contributed by atoms with E-state index in [4.69, 9.17) is 0 Å². The van der Waals surface area contributed by atoms with Crippen LogP contribution in [0.3, 0.4) is 0 Å². The molecule has 3 heteroatoms. The lowest BCUT2D eigenvalue weighted by atomic mass is 9.61. The predicted molar refractivity (Wildman–Crippen MR) is 482 cm³/mol. The van der Waals surface area contributed by atoms with Crippen molar-refractivity contribution in [2.75, 3.05) is 14.7 Å². The average molecular weight is 1450 g/mol. The number of rotatable bonds is 8. The fourth-order valence-electron chi connectivity index (χ4n) is 25.4. The Bertz CT molecular complexity index is 6750. The Kier molecular flexibility index (Phi) is 13.7. The van der Waals surface area contributed by atoms with Crippen molar-refractivity contribution in [3.63, 3.8) is 0 Å². The molecule has 18 aromatic rings. The van der Waals surface area contributed by atoms with E-state index in [0.29, 0.717) is 0 Å². The van der Waals surface area contributed by atoms with Crippen LogP contribution in [0.1, 0.15) is 135 Å². The van der Waals surface area contributed by atoms with E-state index in [2.05, 4.69) is 353 Å². The van der Waals surface area contributed by atoms with Gasteiger partial charge in [0.15, 0.2) is 0 Å². The van der Waals surface area contributed by atoms with Gasteiger partial charge >= 0.3 is 0 Å². The van der Waals surface area contributed by atoms with Gasteiger partial charge in [-0.05, 0) is 249 Å². The van der Waals surface area contributed by atoms with Crippen molar-refractivity contribution in [2.45, 2.75) is 151 Å². The zero-order valence-electron chi connectivity index (χ0n) is 65.6. The topological polar surface area (TPSA) is 9.72 Å². The van der Waals surface area contributed by atoms with Crippen molar-refractivity contribution in [1.82, 2.24) is 0 Å². The minimum atomic E-state index is -0.0988. The molecular weight excluding hydrogens is 1360 g/mol. The number of nitrogens with zero attached hydrogens (tertiary/aromatic N) is 3. The van der Waals surface area contributed by atoms with E-state index in [-0.39, 0.29) is 32.9 Å². The zero-order valence-corrected chi connectivity index (χ0v) is 65.6. The molecule has 18 aromatic carbocycles. The molecule has 6 unspecified atom stereocenters. The van der Waals surface area contributed by atoms with Crippen LogP contribution in [0.15, 0.2) is 297 Å².